The molecule has 0 spiro atoms. The van der Waals surface area contributed by atoms with E-state index >= 15 is 0 Å². The smallest absolute Gasteiger partial charge is 0.225 e. The lowest BCUT2D eigenvalue weighted by Gasteiger charge is -2.15. The average Bonchev–Trinajstić information content (AvgIpc) is 2.96. The normalized spacial score (nSPS) is 22.8. The molecule has 19 heavy (non-hydrogen) atoms. The van der Waals surface area contributed by atoms with Crippen molar-refractivity contribution in [1.82, 2.24) is 15.2 Å². The zero-order valence-corrected chi connectivity index (χ0v) is 11.5. The predicted molar refractivity (Wildman–Crippen MR) is 71.7 cm³/mol. The summed E-state index contributed by atoms with van der Waals surface area (Å²) in [5, 5.41) is 4.90. The Balaban J connectivity index is 1.44. The summed E-state index contributed by atoms with van der Waals surface area (Å²) in [6.07, 6.45) is 3.33. The molecule has 2 heterocycles. The van der Waals surface area contributed by atoms with Crippen molar-refractivity contribution in [2.75, 3.05) is 13.1 Å². The van der Waals surface area contributed by atoms with Gasteiger partial charge in [-0.2, -0.15) is 0 Å². The minimum absolute atomic E-state index is 0.00623. The molecular formula is C13H17N3O2S. The molecule has 2 amide bonds. The van der Waals surface area contributed by atoms with Crippen LogP contribution in [0.15, 0.2) is 10.9 Å². The molecule has 1 saturated heterocycles. The predicted octanol–water partition coefficient (Wildman–Crippen LogP) is 0.813. The zero-order valence-electron chi connectivity index (χ0n) is 10.7. The molecule has 1 N–H and O–H groups in total. The van der Waals surface area contributed by atoms with Gasteiger partial charge in [-0.15, -0.1) is 11.3 Å². The van der Waals surface area contributed by atoms with Crippen LogP contribution in [-0.2, 0) is 16.0 Å². The van der Waals surface area contributed by atoms with E-state index in [4.69, 9.17) is 0 Å². The number of hydrogen-bond acceptors (Lipinski definition) is 4. The van der Waals surface area contributed by atoms with E-state index in [0.717, 1.165) is 25.0 Å². The standard InChI is InChI=1S/C13H17N3O2S/c17-12-5-9(6-16(12)11-1-2-11)13(18)14-4-3-10-7-19-8-15-10/h7-9,11H,1-6H2,(H,14,18)/t9-/m1/s1. The molecule has 1 aliphatic carbocycles. The number of likely N-dealkylation sites (tertiary alicyclic amines) is 1. The van der Waals surface area contributed by atoms with E-state index < -0.39 is 0 Å². The van der Waals surface area contributed by atoms with Crippen LogP contribution in [0.1, 0.15) is 25.0 Å². The van der Waals surface area contributed by atoms with Gasteiger partial charge in [0.2, 0.25) is 11.8 Å². The van der Waals surface area contributed by atoms with E-state index in [9.17, 15) is 9.59 Å². The van der Waals surface area contributed by atoms with E-state index in [1.54, 1.807) is 16.8 Å². The van der Waals surface area contributed by atoms with E-state index in [0.29, 0.717) is 25.6 Å². The molecule has 2 fully saturated rings. The lowest BCUT2D eigenvalue weighted by atomic mass is 10.1. The summed E-state index contributed by atoms with van der Waals surface area (Å²) in [5.74, 6) is -0.0163. The molecule has 2 aliphatic rings. The minimum atomic E-state index is -0.163. The first kappa shape index (κ1) is 12.6. The summed E-state index contributed by atoms with van der Waals surface area (Å²) in [6, 6.07) is 0.417. The minimum Gasteiger partial charge on any atom is -0.355 e. The Labute approximate surface area is 116 Å². The summed E-state index contributed by atoms with van der Waals surface area (Å²) in [5.41, 5.74) is 2.80. The Kier molecular flexibility index (Phi) is 3.50. The number of carbonyl (C=O) groups is 2. The first-order valence-electron chi connectivity index (χ1n) is 6.68. The van der Waals surface area contributed by atoms with Gasteiger partial charge in [0.25, 0.3) is 0 Å². The Morgan fingerprint density at radius 1 is 1.53 bits per heavy atom. The Bertz CT molecular complexity index is 470. The summed E-state index contributed by atoms with van der Waals surface area (Å²) in [6.45, 7) is 1.20. The number of aromatic nitrogens is 1. The van der Waals surface area contributed by atoms with Gasteiger partial charge in [-0.05, 0) is 12.8 Å². The van der Waals surface area contributed by atoms with Crippen LogP contribution in [0.5, 0.6) is 0 Å². The highest BCUT2D eigenvalue weighted by Crippen LogP contribution is 2.32. The van der Waals surface area contributed by atoms with Crippen molar-refractivity contribution in [3.8, 4) is 0 Å². The van der Waals surface area contributed by atoms with Crippen LogP contribution in [-0.4, -0.2) is 40.8 Å². The van der Waals surface area contributed by atoms with Crippen molar-refractivity contribution in [1.29, 1.82) is 0 Å². The monoisotopic (exact) mass is 279 g/mol. The largest absolute Gasteiger partial charge is 0.355 e. The second-order valence-electron chi connectivity index (χ2n) is 5.20. The maximum Gasteiger partial charge on any atom is 0.225 e. The zero-order chi connectivity index (χ0) is 13.2. The van der Waals surface area contributed by atoms with Crippen LogP contribution in [0, 0.1) is 5.92 Å². The average molecular weight is 279 g/mol. The summed E-state index contributed by atoms with van der Waals surface area (Å²) in [4.78, 5) is 29.8. The molecule has 1 aromatic heterocycles. The second kappa shape index (κ2) is 5.28. The molecule has 0 aromatic carbocycles. The van der Waals surface area contributed by atoms with Gasteiger partial charge in [0.05, 0.1) is 17.1 Å². The van der Waals surface area contributed by atoms with Crippen LogP contribution in [0.2, 0.25) is 0 Å². The van der Waals surface area contributed by atoms with Crippen LogP contribution in [0.3, 0.4) is 0 Å². The number of hydrogen-bond donors (Lipinski definition) is 1. The molecule has 0 radical (unpaired) electrons. The fourth-order valence-electron chi connectivity index (χ4n) is 2.47. The van der Waals surface area contributed by atoms with Crippen molar-refractivity contribution in [3.63, 3.8) is 0 Å². The molecule has 1 aliphatic heterocycles. The van der Waals surface area contributed by atoms with Crippen molar-refractivity contribution in [2.45, 2.75) is 31.7 Å². The van der Waals surface area contributed by atoms with Gasteiger partial charge in [-0.25, -0.2) is 4.98 Å². The molecule has 6 heteroatoms. The number of rotatable bonds is 5. The molecule has 1 atom stereocenters. The van der Waals surface area contributed by atoms with Crippen molar-refractivity contribution in [3.05, 3.63) is 16.6 Å². The number of amides is 2. The van der Waals surface area contributed by atoms with E-state index in [-0.39, 0.29) is 17.7 Å². The molecule has 1 saturated carbocycles. The van der Waals surface area contributed by atoms with Crippen LogP contribution in [0.25, 0.3) is 0 Å². The third-order valence-corrected chi connectivity index (χ3v) is 4.32. The van der Waals surface area contributed by atoms with Crippen molar-refractivity contribution >= 4 is 23.2 Å². The van der Waals surface area contributed by atoms with Gasteiger partial charge < -0.3 is 10.2 Å². The van der Waals surface area contributed by atoms with Gasteiger partial charge in [0, 0.05) is 37.4 Å². The van der Waals surface area contributed by atoms with Gasteiger partial charge >= 0.3 is 0 Å². The lowest BCUT2D eigenvalue weighted by molar-refractivity contribution is -0.129. The first-order valence-corrected chi connectivity index (χ1v) is 7.62. The topological polar surface area (TPSA) is 62.3 Å². The quantitative estimate of drug-likeness (QED) is 0.867. The van der Waals surface area contributed by atoms with Crippen LogP contribution < -0.4 is 5.32 Å². The third-order valence-electron chi connectivity index (χ3n) is 3.68. The van der Waals surface area contributed by atoms with Crippen LogP contribution >= 0.6 is 11.3 Å². The Hall–Kier alpha value is -1.43. The Morgan fingerprint density at radius 3 is 3.05 bits per heavy atom. The molecule has 102 valence electrons. The van der Waals surface area contributed by atoms with Crippen molar-refractivity contribution in [2.24, 2.45) is 5.92 Å². The highest BCUT2D eigenvalue weighted by molar-refractivity contribution is 7.07. The van der Waals surface area contributed by atoms with E-state index in [2.05, 4.69) is 10.3 Å². The maximum absolute atomic E-state index is 12.0. The number of carbonyl (C=O) groups excluding carboxylic acids is 2. The molecule has 0 bridgehead atoms. The van der Waals surface area contributed by atoms with Crippen molar-refractivity contribution < 1.29 is 9.59 Å². The molecule has 3 rings (SSSR count). The van der Waals surface area contributed by atoms with Crippen LogP contribution in [0.4, 0.5) is 0 Å². The Morgan fingerprint density at radius 2 is 2.37 bits per heavy atom. The summed E-state index contributed by atoms with van der Waals surface area (Å²) in [7, 11) is 0. The first-order chi connectivity index (χ1) is 9.24. The highest BCUT2D eigenvalue weighted by Gasteiger charge is 2.41. The van der Waals surface area contributed by atoms with Gasteiger partial charge in [0.15, 0.2) is 0 Å². The number of nitrogens with one attached hydrogen (secondary N) is 1. The molecule has 0 unspecified atom stereocenters. The fourth-order valence-corrected chi connectivity index (χ4v) is 3.06. The van der Waals surface area contributed by atoms with E-state index in [1.807, 2.05) is 10.3 Å². The lowest BCUT2D eigenvalue weighted by Crippen LogP contribution is -2.34. The van der Waals surface area contributed by atoms with Gasteiger partial charge in [-0.3, -0.25) is 9.59 Å². The summed E-state index contributed by atoms with van der Waals surface area (Å²) < 4.78 is 0. The molecule has 5 nitrogen and oxygen atoms in total. The number of nitrogens with zero attached hydrogens (tertiary/aromatic N) is 2. The number of thiazole rings is 1. The second-order valence-corrected chi connectivity index (χ2v) is 5.92. The highest BCUT2D eigenvalue weighted by atomic mass is 32.1. The molecular weight excluding hydrogens is 262 g/mol. The summed E-state index contributed by atoms with van der Waals surface area (Å²) >= 11 is 1.56. The SMILES string of the molecule is O=C(NCCc1cscn1)[C@@H]1CC(=O)N(C2CC2)C1. The fraction of sp³-hybridized carbons (Fsp3) is 0.615. The van der Waals surface area contributed by atoms with E-state index in [1.165, 1.54) is 0 Å². The third kappa shape index (κ3) is 2.94. The maximum atomic E-state index is 12.0. The van der Waals surface area contributed by atoms with Gasteiger partial charge in [-0.1, -0.05) is 0 Å². The van der Waals surface area contributed by atoms with Gasteiger partial charge in [0.1, 0.15) is 0 Å². The molecule has 1 aromatic rings.